The molecule has 0 spiro atoms. The fourth-order valence-electron chi connectivity index (χ4n) is 1.37. The van der Waals surface area contributed by atoms with Crippen LogP contribution in [0, 0.1) is 13.8 Å². The number of aromatic hydroxyl groups is 1. The summed E-state index contributed by atoms with van der Waals surface area (Å²) in [5.74, 6) is 0.389. The molecule has 0 aliphatic rings. The molecule has 72 valence electrons. The first-order chi connectivity index (χ1) is 6.00. The van der Waals surface area contributed by atoms with E-state index in [1.165, 1.54) is 5.56 Å². The van der Waals surface area contributed by atoms with Crippen molar-refractivity contribution in [1.82, 2.24) is 4.90 Å². The molecule has 0 aliphatic heterocycles. The Kier molecular flexibility index (Phi) is 2.94. The predicted octanol–water partition coefficient (Wildman–Crippen LogP) is 2.07. The minimum Gasteiger partial charge on any atom is -0.508 e. The van der Waals surface area contributed by atoms with E-state index in [9.17, 15) is 5.11 Å². The van der Waals surface area contributed by atoms with Gasteiger partial charge in [0.15, 0.2) is 0 Å². The number of hydrogen-bond donors (Lipinski definition) is 1. The van der Waals surface area contributed by atoms with Gasteiger partial charge in [0.2, 0.25) is 0 Å². The van der Waals surface area contributed by atoms with Crippen molar-refractivity contribution in [1.29, 1.82) is 0 Å². The highest BCUT2D eigenvalue weighted by Gasteiger charge is 2.03. The fraction of sp³-hybridized carbons (Fsp3) is 0.455. The normalized spacial score (nSPS) is 10.8. The smallest absolute Gasteiger partial charge is 0.118 e. The van der Waals surface area contributed by atoms with E-state index in [0.29, 0.717) is 5.75 Å². The summed E-state index contributed by atoms with van der Waals surface area (Å²) >= 11 is 0. The molecular formula is C11H17NO. The third kappa shape index (κ3) is 2.46. The van der Waals surface area contributed by atoms with Gasteiger partial charge in [0.05, 0.1) is 0 Å². The Morgan fingerprint density at radius 2 is 1.77 bits per heavy atom. The molecule has 0 atom stereocenters. The van der Waals surface area contributed by atoms with E-state index in [2.05, 4.69) is 4.90 Å². The van der Waals surface area contributed by atoms with Gasteiger partial charge in [-0.15, -0.1) is 0 Å². The molecule has 1 rings (SSSR count). The topological polar surface area (TPSA) is 23.5 Å². The highest BCUT2D eigenvalue weighted by molar-refractivity contribution is 5.40. The second-order valence-corrected chi connectivity index (χ2v) is 3.80. The van der Waals surface area contributed by atoms with Crippen LogP contribution in [-0.2, 0) is 6.54 Å². The van der Waals surface area contributed by atoms with Crippen molar-refractivity contribution in [2.45, 2.75) is 20.4 Å². The van der Waals surface area contributed by atoms with Crippen molar-refractivity contribution in [3.63, 3.8) is 0 Å². The third-order valence-electron chi connectivity index (χ3n) is 2.14. The molecule has 2 heteroatoms. The van der Waals surface area contributed by atoms with Crippen LogP contribution in [0.3, 0.4) is 0 Å². The maximum Gasteiger partial charge on any atom is 0.118 e. The fourth-order valence-corrected chi connectivity index (χ4v) is 1.37. The van der Waals surface area contributed by atoms with Crippen molar-refractivity contribution in [2.24, 2.45) is 0 Å². The SMILES string of the molecule is Cc1cc(CN(C)C)c(C)cc1O. The summed E-state index contributed by atoms with van der Waals surface area (Å²) in [7, 11) is 4.09. The summed E-state index contributed by atoms with van der Waals surface area (Å²) in [5, 5.41) is 9.45. The molecule has 1 N–H and O–H groups in total. The van der Waals surface area contributed by atoms with Crippen LogP contribution in [0.15, 0.2) is 12.1 Å². The number of aryl methyl sites for hydroxylation is 2. The molecule has 0 saturated heterocycles. The van der Waals surface area contributed by atoms with Crippen LogP contribution in [0.1, 0.15) is 16.7 Å². The van der Waals surface area contributed by atoms with Crippen LogP contribution in [-0.4, -0.2) is 24.1 Å². The molecule has 0 aromatic heterocycles. The maximum absolute atomic E-state index is 9.45. The van der Waals surface area contributed by atoms with Gasteiger partial charge in [0.1, 0.15) is 5.75 Å². The summed E-state index contributed by atoms with van der Waals surface area (Å²) in [4.78, 5) is 2.12. The van der Waals surface area contributed by atoms with Gasteiger partial charge >= 0.3 is 0 Å². The number of benzene rings is 1. The van der Waals surface area contributed by atoms with Crippen LogP contribution in [0.5, 0.6) is 5.75 Å². The number of rotatable bonds is 2. The minimum absolute atomic E-state index is 0.389. The molecule has 0 saturated carbocycles. The summed E-state index contributed by atoms with van der Waals surface area (Å²) in [6.07, 6.45) is 0. The van der Waals surface area contributed by atoms with Crippen molar-refractivity contribution in [3.8, 4) is 5.75 Å². The lowest BCUT2D eigenvalue weighted by molar-refractivity contribution is 0.400. The number of hydrogen-bond acceptors (Lipinski definition) is 2. The van der Waals surface area contributed by atoms with Crippen molar-refractivity contribution >= 4 is 0 Å². The Morgan fingerprint density at radius 3 is 2.31 bits per heavy atom. The highest BCUT2D eigenvalue weighted by atomic mass is 16.3. The summed E-state index contributed by atoms with van der Waals surface area (Å²) in [6.45, 7) is 4.87. The van der Waals surface area contributed by atoms with Crippen LogP contribution in [0.4, 0.5) is 0 Å². The van der Waals surface area contributed by atoms with E-state index in [-0.39, 0.29) is 0 Å². The van der Waals surface area contributed by atoms with Gasteiger partial charge in [0.25, 0.3) is 0 Å². The first-order valence-corrected chi connectivity index (χ1v) is 4.44. The second-order valence-electron chi connectivity index (χ2n) is 3.80. The average molecular weight is 179 g/mol. The molecule has 0 bridgehead atoms. The van der Waals surface area contributed by atoms with Crippen molar-refractivity contribution < 1.29 is 5.11 Å². The molecule has 2 nitrogen and oxygen atoms in total. The Hall–Kier alpha value is -1.02. The Balaban J connectivity index is 3.01. The van der Waals surface area contributed by atoms with E-state index >= 15 is 0 Å². The summed E-state index contributed by atoms with van der Waals surface area (Å²) in [5.41, 5.74) is 3.37. The quantitative estimate of drug-likeness (QED) is 0.751. The van der Waals surface area contributed by atoms with E-state index in [1.54, 1.807) is 0 Å². The molecule has 1 aromatic carbocycles. The molecule has 0 unspecified atom stereocenters. The summed E-state index contributed by atoms with van der Waals surface area (Å²) in [6, 6.07) is 3.87. The zero-order valence-corrected chi connectivity index (χ0v) is 8.76. The molecule has 0 fully saturated rings. The van der Waals surface area contributed by atoms with Gasteiger partial charge in [-0.3, -0.25) is 0 Å². The molecule has 0 aliphatic carbocycles. The van der Waals surface area contributed by atoms with Gasteiger partial charge < -0.3 is 10.0 Å². The Bertz CT molecular complexity index is 305. The maximum atomic E-state index is 9.45. The predicted molar refractivity (Wildman–Crippen MR) is 55.0 cm³/mol. The Labute approximate surface area is 79.8 Å². The lowest BCUT2D eigenvalue weighted by Gasteiger charge is -2.13. The van der Waals surface area contributed by atoms with Gasteiger partial charge in [0, 0.05) is 6.54 Å². The third-order valence-corrected chi connectivity index (χ3v) is 2.14. The van der Waals surface area contributed by atoms with Crippen molar-refractivity contribution in [2.75, 3.05) is 14.1 Å². The summed E-state index contributed by atoms with van der Waals surface area (Å²) < 4.78 is 0. The van der Waals surface area contributed by atoms with E-state index in [1.807, 2.05) is 40.1 Å². The van der Waals surface area contributed by atoms with Crippen LogP contribution < -0.4 is 0 Å². The first kappa shape index (κ1) is 10.1. The molecule has 0 amide bonds. The molecule has 0 heterocycles. The molecule has 13 heavy (non-hydrogen) atoms. The van der Waals surface area contributed by atoms with E-state index in [4.69, 9.17) is 0 Å². The Morgan fingerprint density at radius 1 is 1.15 bits per heavy atom. The monoisotopic (exact) mass is 179 g/mol. The van der Waals surface area contributed by atoms with Crippen LogP contribution in [0.25, 0.3) is 0 Å². The molecule has 1 aromatic rings. The van der Waals surface area contributed by atoms with Crippen LogP contribution in [0.2, 0.25) is 0 Å². The number of phenols is 1. The highest BCUT2D eigenvalue weighted by Crippen LogP contribution is 2.21. The van der Waals surface area contributed by atoms with Gasteiger partial charge in [-0.05, 0) is 50.7 Å². The number of phenolic OH excluding ortho intramolecular Hbond substituents is 1. The zero-order valence-electron chi connectivity index (χ0n) is 8.76. The van der Waals surface area contributed by atoms with Crippen molar-refractivity contribution in [3.05, 3.63) is 28.8 Å². The first-order valence-electron chi connectivity index (χ1n) is 4.44. The average Bonchev–Trinajstić information content (AvgIpc) is 1.99. The lowest BCUT2D eigenvalue weighted by atomic mass is 10.0. The van der Waals surface area contributed by atoms with Crippen LogP contribution >= 0.6 is 0 Å². The van der Waals surface area contributed by atoms with Gasteiger partial charge in [-0.1, -0.05) is 6.07 Å². The zero-order chi connectivity index (χ0) is 10.0. The lowest BCUT2D eigenvalue weighted by Crippen LogP contribution is -2.11. The molecule has 0 radical (unpaired) electrons. The molecular weight excluding hydrogens is 162 g/mol. The second kappa shape index (κ2) is 3.79. The standard InChI is InChI=1S/C11H17NO/c1-8-6-11(13)9(2)5-10(8)7-12(3)4/h5-6,13H,7H2,1-4H3. The largest absolute Gasteiger partial charge is 0.508 e. The number of nitrogens with zero attached hydrogens (tertiary/aromatic N) is 1. The minimum atomic E-state index is 0.389. The van der Waals surface area contributed by atoms with Gasteiger partial charge in [-0.25, -0.2) is 0 Å². The van der Waals surface area contributed by atoms with Gasteiger partial charge in [-0.2, -0.15) is 0 Å². The van der Waals surface area contributed by atoms with E-state index < -0.39 is 0 Å². The van der Waals surface area contributed by atoms with E-state index in [0.717, 1.165) is 17.7 Å².